The van der Waals surface area contributed by atoms with E-state index in [0.717, 1.165) is 6.42 Å². The summed E-state index contributed by atoms with van der Waals surface area (Å²) in [6.07, 6.45) is 1.23. The van der Waals surface area contributed by atoms with Crippen LogP contribution in [0.15, 0.2) is 0 Å². The molecule has 0 saturated carbocycles. The molecule has 1 aliphatic rings. The molecule has 0 radical (unpaired) electrons. The molecule has 0 aromatic heterocycles. The molecule has 1 rings (SSSR count). The lowest BCUT2D eigenvalue weighted by Crippen LogP contribution is -2.39. The number of amides is 1. The van der Waals surface area contributed by atoms with Crippen LogP contribution < -0.4 is 5.32 Å². The van der Waals surface area contributed by atoms with Gasteiger partial charge in [-0.2, -0.15) is 0 Å². The molecule has 4 nitrogen and oxygen atoms in total. The third-order valence-corrected chi connectivity index (χ3v) is 2.99. The second-order valence-corrected chi connectivity index (χ2v) is 4.70. The second kappa shape index (κ2) is 4.64. The van der Waals surface area contributed by atoms with Crippen molar-refractivity contribution in [3.05, 3.63) is 0 Å². The van der Waals surface area contributed by atoms with Crippen LogP contribution in [0.25, 0.3) is 0 Å². The average molecular weight is 213 g/mol. The first-order valence-corrected chi connectivity index (χ1v) is 5.39. The number of hydrogen-bond donors (Lipinski definition) is 1. The molecule has 1 atom stereocenters. The average Bonchev–Trinajstić information content (AvgIpc) is 2.60. The number of rotatable bonds is 4. The summed E-state index contributed by atoms with van der Waals surface area (Å²) in [6.45, 7) is 6.79. The highest BCUT2D eigenvalue weighted by Gasteiger charge is 2.28. The van der Waals surface area contributed by atoms with Crippen molar-refractivity contribution >= 4 is 11.9 Å². The Morgan fingerprint density at radius 1 is 1.60 bits per heavy atom. The molecule has 1 amide bonds. The molecular formula is C11H19NO3. The van der Waals surface area contributed by atoms with Gasteiger partial charge in [-0.15, -0.1) is 0 Å². The number of carbonyl (C=O) groups is 2. The highest BCUT2D eigenvalue weighted by molar-refractivity contribution is 5.81. The topological polar surface area (TPSA) is 55.4 Å². The van der Waals surface area contributed by atoms with E-state index in [4.69, 9.17) is 4.74 Å². The minimum absolute atomic E-state index is 0.0457. The number of carbonyl (C=O) groups excluding carboxylic acids is 2. The fourth-order valence-electron chi connectivity index (χ4n) is 1.33. The Morgan fingerprint density at radius 2 is 2.27 bits per heavy atom. The molecule has 0 aromatic rings. The van der Waals surface area contributed by atoms with Gasteiger partial charge in [0.1, 0.15) is 0 Å². The molecular weight excluding hydrogens is 194 g/mol. The van der Waals surface area contributed by atoms with Gasteiger partial charge in [-0.1, -0.05) is 20.8 Å². The normalized spacial score (nSPS) is 21.3. The summed E-state index contributed by atoms with van der Waals surface area (Å²) in [5.41, 5.74) is -0.330. The molecule has 0 bridgehead atoms. The standard InChI is InChI=1S/C11H19NO3/c1-4-11(2,3)10(14)12-6-8-5-9(13)15-7-8/h8H,4-7H2,1-3H3,(H,12,14). The van der Waals surface area contributed by atoms with Gasteiger partial charge < -0.3 is 10.1 Å². The molecule has 0 aliphatic carbocycles. The van der Waals surface area contributed by atoms with E-state index in [1.165, 1.54) is 0 Å². The van der Waals surface area contributed by atoms with Crippen molar-refractivity contribution < 1.29 is 14.3 Å². The van der Waals surface area contributed by atoms with Gasteiger partial charge in [-0.25, -0.2) is 0 Å². The van der Waals surface area contributed by atoms with Gasteiger partial charge in [0.05, 0.1) is 13.0 Å². The Bertz CT molecular complexity index is 261. The molecule has 1 N–H and O–H groups in total. The van der Waals surface area contributed by atoms with Gasteiger partial charge in [-0.3, -0.25) is 9.59 Å². The molecule has 1 heterocycles. The molecule has 86 valence electrons. The van der Waals surface area contributed by atoms with Crippen molar-refractivity contribution in [3.8, 4) is 0 Å². The van der Waals surface area contributed by atoms with E-state index in [2.05, 4.69) is 5.32 Å². The number of cyclic esters (lactones) is 1. The first-order valence-electron chi connectivity index (χ1n) is 5.39. The first-order chi connectivity index (χ1) is 6.95. The predicted molar refractivity (Wildman–Crippen MR) is 56.1 cm³/mol. The van der Waals surface area contributed by atoms with Gasteiger partial charge in [-0.05, 0) is 6.42 Å². The van der Waals surface area contributed by atoms with Crippen LogP contribution in [-0.2, 0) is 14.3 Å². The SMILES string of the molecule is CCC(C)(C)C(=O)NCC1COC(=O)C1. The lowest BCUT2D eigenvalue weighted by Gasteiger charge is -2.22. The lowest BCUT2D eigenvalue weighted by atomic mass is 9.89. The zero-order chi connectivity index (χ0) is 11.5. The largest absolute Gasteiger partial charge is 0.465 e. The van der Waals surface area contributed by atoms with Crippen LogP contribution in [0.1, 0.15) is 33.6 Å². The lowest BCUT2D eigenvalue weighted by molar-refractivity contribution is -0.138. The van der Waals surface area contributed by atoms with E-state index in [0.29, 0.717) is 19.6 Å². The van der Waals surface area contributed by atoms with Crippen molar-refractivity contribution in [2.45, 2.75) is 33.6 Å². The van der Waals surface area contributed by atoms with Crippen LogP contribution in [0.5, 0.6) is 0 Å². The fraction of sp³-hybridized carbons (Fsp3) is 0.818. The predicted octanol–water partition coefficient (Wildman–Crippen LogP) is 1.10. The van der Waals surface area contributed by atoms with Crippen molar-refractivity contribution in [2.75, 3.05) is 13.2 Å². The van der Waals surface area contributed by atoms with Crippen LogP contribution >= 0.6 is 0 Å². The third kappa shape index (κ3) is 3.22. The van der Waals surface area contributed by atoms with Crippen molar-refractivity contribution in [1.29, 1.82) is 0 Å². The maximum atomic E-state index is 11.7. The van der Waals surface area contributed by atoms with Crippen molar-refractivity contribution in [3.63, 3.8) is 0 Å². The Kier molecular flexibility index (Phi) is 3.72. The van der Waals surface area contributed by atoms with Crippen molar-refractivity contribution in [1.82, 2.24) is 5.32 Å². The third-order valence-electron chi connectivity index (χ3n) is 2.99. The molecule has 4 heteroatoms. The zero-order valence-corrected chi connectivity index (χ0v) is 9.63. The van der Waals surface area contributed by atoms with Gasteiger partial charge in [0.2, 0.25) is 5.91 Å². The summed E-state index contributed by atoms with van der Waals surface area (Å²) in [7, 11) is 0. The van der Waals surface area contributed by atoms with E-state index in [9.17, 15) is 9.59 Å². The van der Waals surface area contributed by atoms with Crippen LogP contribution in [0.3, 0.4) is 0 Å². The quantitative estimate of drug-likeness (QED) is 0.711. The van der Waals surface area contributed by atoms with Crippen LogP contribution in [-0.4, -0.2) is 25.0 Å². The highest BCUT2D eigenvalue weighted by Crippen LogP contribution is 2.20. The van der Waals surface area contributed by atoms with E-state index in [1.807, 2.05) is 20.8 Å². The van der Waals surface area contributed by atoms with Gasteiger partial charge >= 0.3 is 5.97 Å². The Morgan fingerprint density at radius 3 is 2.73 bits per heavy atom. The Hall–Kier alpha value is -1.06. The van der Waals surface area contributed by atoms with Crippen LogP contribution in [0.2, 0.25) is 0 Å². The summed E-state index contributed by atoms with van der Waals surface area (Å²) < 4.78 is 4.82. The van der Waals surface area contributed by atoms with Gasteiger partial charge in [0.15, 0.2) is 0 Å². The number of hydrogen-bond acceptors (Lipinski definition) is 3. The molecule has 0 spiro atoms. The fourth-order valence-corrected chi connectivity index (χ4v) is 1.33. The summed E-state index contributed by atoms with van der Waals surface area (Å²) in [5, 5.41) is 2.87. The van der Waals surface area contributed by atoms with E-state index >= 15 is 0 Å². The first kappa shape index (κ1) is 12.0. The zero-order valence-electron chi connectivity index (χ0n) is 9.63. The Balaban J connectivity index is 2.31. The van der Waals surface area contributed by atoms with Crippen LogP contribution in [0, 0.1) is 11.3 Å². The smallest absolute Gasteiger partial charge is 0.306 e. The maximum absolute atomic E-state index is 11.7. The Labute approximate surface area is 90.4 Å². The number of esters is 1. The number of ether oxygens (including phenoxy) is 1. The summed E-state index contributed by atoms with van der Waals surface area (Å²) in [4.78, 5) is 22.5. The van der Waals surface area contributed by atoms with E-state index in [-0.39, 0.29) is 23.2 Å². The van der Waals surface area contributed by atoms with Gasteiger partial charge in [0.25, 0.3) is 0 Å². The van der Waals surface area contributed by atoms with E-state index in [1.54, 1.807) is 0 Å². The minimum Gasteiger partial charge on any atom is -0.465 e. The monoisotopic (exact) mass is 213 g/mol. The highest BCUT2D eigenvalue weighted by atomic mass is 16.5. The molecule has 1 unspecified atom stereocenters. The summed E-state index contributed by atoms with van der Waals surface area (Å²) >= 11 is 0. The molecule has 15 heavy (non-hydrogen) atoms. The van der Waals surface area contributed by atoms with Gasteiger partial charge in [0, 0.05) is 17.9 Å². The number of nitrogens with one attached hydrogen (secondary N) is 1. The molecule has 1 fully saturated rings. The second-order valence-electron chi connectivity index (χ2n) is 4.70. The summed E-state index contributed by atoms with van der Waals surface area (Å²) in [5.74, 6) is 0.0301. The van der Waals surface area contributed by atoms with Crippen molar-refractivity contribution in [2.24, 2.45) is 11.3 Å². The minimum atomic E-state index is -0.330. The van der Waals surface area contributed by atoms with Crippen LogP contribution in [0.4, 0.5) is 0 Å². The maximum Gasteiger partial charge on any atom is 0.306 e. The summed E-state index contributed by atoms with van der Waals surface area (Å²) in [6, 6.07) is 0. The molecule has 0 aromatic carbocycles. The molecule has 1 saturated heterocycles. The van der Waals surface area contributed by atoms with E-state index < -0.39 is 0 Å². The molecule has 1 aliphatic heterocycles.